The Morgan fingerprint density at radius 1 is 0.750 bits per heavy atom. The van der Waals surface area contributed by atoms with Crippen molar-refractivity contribution in [3.63, 3.8) is 0 Å². The average molecular weight is 607 g/mol. The molecule has 7 nitrogen and oxygen atoms in total. The second-order valence-corrected chi connectivity index (χ2v) is 10.0. The van der Waals surface area contributed by atoms with Crippen LogP contribution in [0.15, 0.2) is 133 Å². The second-order valence-electron chi connectivity index (χ2n) is 10.0. The van der Waals surface area contributed by atoms with Crippen LogP contribution in [0.5, 0.6) is 11.5 Å². The summed E-state index contributed by atoms with van der Waals surface area (Å²) >= 11 is 0. The number of amidine groups is 1. The highest BCUT2D eigenvalue weighted by molar-refractivity contribution is 5.95. The van der Waals surface area contributed by atoms with Crippen LogP contribution in [0, 0.1) is 5.41 Å². The number of hydrogen-bond acceptors (Lipinski definition) is 5. The molecule has 0 heterocycles. The van der Waals surface area contributed by atoms with E-state index in [2.05, 4.69) is 10.6 Å². The molecule has 5 aromatic carbocycles. The fraction of sp³-hybridized carbons (Fsp3) is 0.111. The summed E-state index contributed by atoms with van der Waals surface area (Å²) in [7, 11) is 1.58. The first kappa shape index (κ1) is 31.7. The molecule has 0 bridgehead atoms. The van der Waals surface area contributed by atoms with Gasteiger partial charge in [-0.2, -0.15) is 0 Å². The standard InChI is InChI=1S/C36H34N4O3.ClH/c1-42-32-23-29(19-22-31(32)43-24-25-11-5-2-6-12-25)34(39-30-20-17-28(18-21-30)35(37)38)36(41)40-33(26-13-7-3-8-14-26)27-15-9-4-10-16-27;/h2-23,33-34,39H,24H2,1H3,(H3,37,38)(H,40,41);1H/t34-;/m1./s1. The number of nitrogen functional groups attached to an aromatic ring is 1. The smallest absolute Gasteiger partial charge is 0.247 e. The van der Waals surface area contributed by atoms with Crippen molar-refractivity contribution in [2.45, 2.75) is 18.7 Å². The third-order valence-corrected chi connectivity index (χ3v) is 7.08. The lowest BCUT2D eigenvalue weighted by Gasteiger charge is -2.26. The van der Waals surface area contributed by atoms with Crippen LogP contribution < -0.4 is 25.8 Å². The molecule has 0 aliphatic rings. The third-order valence-electron chi connectivity index (χ3n) is 7.08. The molecule has 0 radical (unpaired) electrons. The summed E-state index contributed by atoms with van der Waals surface area (Å²) in [5, 5.41) is 14.4. The van der Waals surface area contributed by atoms with E-state index in [1.54, 1.807) is 31.4 Å². The van der Waals surface area contributed by atoms with E-state index >= 15 is 0 Å². The average Bonchev–Trinajstić information content (AvgIpc) is 3.06. The lowest BCUT2D eigenvalue weighted by atomic mass is 9.97. The molecule has 0 aromatic heterocycles. The lowest BCUT2D eigenvalue weighted by Crippen LogP contribution is -2.36. The maximum atomic E-state index is 14.2. The van der Waals surface area contributed by atoms with Crippen LogP contribution in [0.3, 0.4) is 0 Å². The molecule has 224 valence electrons. The van der Waals surface area contributed by atoms with Gasteiger partial charge in [0.1, 0.15) is 18.5 Å². The van der Waals surface area contributed by atoms with E-state index in [0.717, 1.165) is 16.7 Å². The van der Waals surface area contributed by atoms with Gasteiger partial charge in [-0.05, 0) is 58.7 Å². The summed E-state index contributed by atoms with van der Waals surface area (Å²) < 4.78 is 11.8. The predicted molar refractivity (Wildman–Crippen MR) is 178 cm³/mol. The highest BCUT2D eigenvalue weighted by atomic mass is 35.5. The number of anilines is 1. The zero-order chi connectivity index (χ0) is 30.0. The molecular weight excluding hydrogens is 572 g/mol. The van der Waals surface area contributed by atoms with Gasteiger partial charge in [0.25, 0.3) is 0 Å². The van der Waals surface area contributed by atoms with Crippen molar-refractivity contribution < 1.29 is 14.3 Å². The minimum absolute atomic E-state index is 0. The molecule has 0 fully saturated rings. The van der Waals surface area contributed by atoms with Crippen LogP contribution in [0.4, 0.5) is 5.69 Å². The highest BCUT2D eigenvalue weighted by Crippen LogP contribution is 2.33. The Labute approximate surface area is 264 Å². The molecule has 0 unspecified atom stereocenters. The second kappa shape index (κ2) is 15.3. The number of carbonyl (C=O) groups excluding carboxylic acids is 1. The number of carbonyl (C=O) groups is 1. The van der Waals surface area contributed by atoms with Crippen molar-refractivity contribution in [3.8, 4) is 11.5 Å². The number of hydrogen-bond donors (Lipinski definition) is 4. The zero-order valence-electron chi connectivity index (χ0n) is 24.3. The van der Waals surface area contributed by atoms with Crippen LogP contribution in [-0.4, -0.2) is 18.9 Å². The van der Waals surface area contributed by atoms with Crippen LogP contribution in [0.1, 0.15) is 39.9 Å². The normalized spacial score (nSPS) is 11.1. The van der Waals surface area contributed by atoms with Gasteiger partial charge >= 0.3 is 0 Å². The van der Waals surface area contributed by atoms with Crippen LogP contribution >= 0.6 is 12.4 Å². The summed E-state index contributed by atoms with van der Waals surface area (Å²) in [5.41, 5.74) is 10.6. The van der Waals surface area contributed by atoms with Crippen molar-refractivity contribution in [2.24, 2.45) is 5.73 Å². The highest BCUT2D eigenvalue weighted by Gasteiger charge is 2.26. The number of benzene rings is 5. The zero-order valence-corrected chi connectivity index (χ0v) is 25.1. The van der Waals surface area contributed by atoms with Crippen molar-refractivity contribution in [1.82, 2.24) is 5.32 Å². The Morgan fingerprint density at radius 2 is 1.32 bits per heavy atom. The quantitative estimate of drug-likeness (QED) is 0.0899. The Morgan fingerprint density at radius 3 is 1.86 bits per heavy atom. The molecule has 0 saturated carbocycles. The number of rotatable bonds is 12. The Kier molecular flexibility index (Phi) is 11.0. The van der Waals surface area contributed by atoms with Crippen LogP contribution in [0.25, 0.3) is 0 Å². The lowest BCUT2D eigenvalue weighted by molar-refractivity contribution is -0.122. The van der Waals surface area contributed by atoms with E-state index in [1.165, 1.54) is 0 Å². The van der Waals surface area contributed by atoms with Gasteiger partial charge < -0.3 is 25.8 Å². The topological polar surface area (TPSA) is 109 Å². The van der Waals surface area contributed by atoms with Gasteiger partial charge in [-0.1, -0.05) is 97.1 Å². The minimum atomic E-state index is -0.782. The van der Waals surface area contributed by atoms with E-state index in [0.29, 0.717) is 34.9 Å². The maximum absolute atomic E-state index is 14.2. The van der Waals surface area contributed by atoms with Gasteiger partial charge in [0.05, 0.1) is 13.2 Å². The van der Waals surface area contributed by atoms with Gasteiger partial charge in [-0.25, -0.2) is 0 Å². The van der Waals surface area contributed by atoms with Crippen LogP contribution in [0.2, 0.25) is 0 Å². The summed E-state index contributed by atoms with van der Waals surface area (Å²) in [6.07, 6.45) is 0. The van der Waals surface area contributed by atoms with Gasteiger partial charge in [-0.3, -0.25) is 10.2 Å². The molecule has 1 amide bonds. The first-order chi connectivity index (χ1) is 21.0. The molecule has 44 heavy (non-hydrogen) atoms. The fourth-order valence-corrected chi connectivity index (χ4v) is 4.81. The van der Waals surface area contributed by atoms with Crippen molar-refractivity contribution >= 4 is 29.8 Å². The number of nitrogens with two attached hydrogens (primary N) is 1. The molecule has 0 aliphatic heterocycles. The van der Waals surface area contributed by atoms with E-state index in [1.807, 2.05) is 109 Å². The molecule has 1 atom stereocenters. The molecule has 5 rings (SSSR count). The molecule has 5 aromatic rings. The first-order valence-electron chi connectivity index (χ1n) is 14.0. The molecule has 0 aliphatic carbocycles. The van der Waals surface area contributed by atoms with Gasteiger partial charge in [-0.15, -0.1) is 12.4 Å². The monoisotopic (exact) mass is 606 g/mol. The molecule has 5 N–H and O–H groups in total. The van der Waals surface area contributed by atoms with Crippen molar-refractivity contribution in [1.29, 1.82) is 5.41 Å². The fourth-order valence-electron chi connectivity index (χ4n) is 4.81. The summed E-state index contributed by atoms with van der Waals surface area (Å²) in [6, 6.07) is 41.1. The number of methoxy groups -OCH3 is 1. The number of halogens is 1. The Bertz CT molecular complexity index is 1610. The predicted octanol–water partition coefficient (Wildman–Crippen LogP) is 7.04. The van der Waals surface area contributed by atoms with Gasteiger partial charge in [0.2, 0.25) is 5.91 Å². The third kappa shape index (κ3) is 7.96. The Balaban J connectivity index is 0.00000442. The minimum Gasteiger partial charge on any atom is -0.493 e. The summed E-state index contributed by atoms with van der Waals surface area (Å²) in [4.78, 5) is 14.2. The van der Waals surface area contributed by atoms with E-state index in [-0.39, 0.29) is 30.2 Å². The number of ether oxygens (including phenoxy) is 2. The van der Waals surface area contributed by atoms with Gasteiger partial charge in [0.15, 0.2) is 11.5 Å². The SMILES string of the molecule is COc1cc([C@@H](Nc2ccc(C(=N)N)cc2)C(=O)NC(c2ccccc2)c2ccccc2)ccc1OCc1ccccc1.Cl. The number of nitrogens with one attached hydrogen (secondary N) is 3. The maximum Gasteiger partial charge on any atom is 0.247 e. The van der Waals surface area contributed by atoms with E-state index in [9.17, 15) is 4.79 Å². The molecule has 8 heteroatoms. The number of amides is 1. The largest absolute Gasteiger partial charge is 0.493 e. The van der Waals surface area contributed by atoms with Crippen molar-refractivity contribution in [3.05, 3.63) is 161 Å². The van der Waals surface area contributed by atoms with Gasteiger partial charge in [0, 0.05) is 11.3 Å². The molecule has 0 spiro atoms. The summed E-state index contributed by atoms with van der Waals surface area (Å²) in [5.74, 6) is 0.840. The molecular formula is C36H35ClN4O3. The first-order valence-corrected chi connectivity index (χ1v) is 14.0. The van der Waals surface area contributed by atoms with E-state index < -0.39 is 6.04 Å². The summed E-state index contributed by atoms with van der Waals surface area (Å²) in [6.45, 7) is 0.386. The van der Waals surface area contributed by atoms with Crippen LogP contribution in [-0.2, 0) is 11.4 Å². The Hall–Kier alpha value is -5.27. The molecule has 0 saturated heterocycles. The van der Waals surface area contributed by atoms with E-state index in [4.69, 9.17) is 20.6 Å². The van der Waals surface area contributed by atoms with Crippen molar-refractivity contribution in [2.75, 3.05) is 12.4 Å².